The third-order valence-corrected chi connectivity index (χ3v) is 1.80. The lowest BCUT2D eigenvalue weighted by Gasteiger charge is -2.03. The van der Waals surface area contributed by atoms with Gasteiger partial charge >= 0.3 is 5.69 Å². The lowest BCUT2D eigenvalue weighted by molar-refractivity contribution is -0.121. The summed E-state index contributed by atoms with van der Waals surface area (Å²) in [6.07, 6.45) is 1.40. The van der Waals surface area contributed by atoms with Crippen LogP contribution in [0.5, 0.6) is 0 Å². The zero-order valence-corrected chi connectivity index (χ0v) is 8.40. The van der Waals surface area contributed by atoms with Crippen molar-refractivity contribution in [3.05, 3.63) is 33.1 Å². The molecule has 0 spiro atoms. The number of amides is 1. The Balaban J connectivity index is 2.68. The molecule has 7 heteroatoms. The molecule has 0 bridgehead atoms. The maximum absolute atomic E-state index is 11.3. The van der Waals surface area contributed by atoms with Crippen molar-refractivity contribution in [2.24, 2.45) is 0 Å². The number of nitrogens with one attached hydrogen (secondary N) is 2. The molecule has 1 heterocycles. The van der Waals surface area contributed by atoms with E-state index in [9.17, 15) is 14.4 Å². The molecule has 1 rings (SSSR count). The zero-order valence-electron chi connectivity index (χ0n) is 8.40. The fourth-order valence-corrected chi connectivity index (χ4v) is 1.06. The van der Waals surface area contributed by atoms with E-state index < -0.39 is 17.2 Å². The van der Waals surface area contributed by atoms with Crippen molar-refractivity contribution in [3.63, 3.8) is 0 Å². The molecule has 0 unspecified atom stereocenters. The summed E-state index contributed by atoms with van der Waals surface area (Å²) < 4.78 is 0.779. The quantitative estimate of drug-likeness (QED) is 0.608. The van der Waals surface area contributed by atoms with E-state index in [1.807, 2.05) is 6.07 Å². The number of nitrogens with zero attached hydrogens (tertiary/aromatic N) is 2. The molecule has 1 aromatic heterocycles. The number of hydrogen-bond acceptors (Lipinski definition) is 4. The summed E-state index contributed by atoms with van der Waals surface area (Å²) in [5.74, 6) is -0.478. The molecule has 0 saturated carbocycles. The second-order valence-corrected chi connectivity index (χ2v) is 2.97. The number of carbonyl (C=O) groups excluding carboxylic acids is 1. The maximum atomic E-state index is 11.3. The number of aromatic amines is 1. The third kappa shape index (κ3) is 3.09. The van der Waals surface area contributed by atoms with Gasteiger partial charge in [0.25, 0.3) is 5.56 Å². The number of aromatic nitrogens is 2. The van der Waals surface area contributed by atoms with Crippen molar-refractivity contribution in [2.45, 2.75) is 13.0 Å². The molecular weight excluding hydrogens is 212 g/mol. The smallest absolute Gasteiger partial charge is 0.328 e. The van der Waals surface area contributed by atoms with Crippen molar-refractivity contribution in [3.8, 4) is 6.07 Å². The van der Waals surface area contributed by atoms with Crippen LogP contribution in [-0.4, -0.2) is 22.0 Å². The molecule has 84 valence electrons. The van der Waals surface area contributed by atoms with Gasteiger partial charge in [0.05, 0.1) is 12.5 Å². The van der Waals surface area contributed by atoms with E-state index in [1.165, 1.54) is 6.20 Å². The topological polar surface area (TPSA) is 108 Å². The highest BCUT2D eigenvalue weighted by molar-refractivity contribution is 5.75. The molecule has 0 aliphatic rings. The highest BCUT2D eigenvalue weighted by Crippen LogP contribution is 1.76. The van der Waals surface area contributed by atoms with E-state index in [-0.39, 0.29) is 19.5 Å². The standard InChI is InChI=1S/C9H10N4O3/c10-3-1-4-11-7(14)6-13-8(15)2-5-12-9(13)16/h2,5H,1,4,6H2,(H,11,14)(H,12,16). The molecular formula is C9H10N4O3. The minimum absolute atomic E-state index is 0.186. The van der Waals surface area contributed by atoms with Crippen LogP contribution in [0.3, 0.4) is 0 Å². The first-order chi connectivity index (χ1) is 7.65. The Bertz CT molecular complexity index is 494. The average Bonchev–Trinajstić information content (AvgIpc) is 2.24. The van der Waals surface area contributed by atoms with Gasteiger partial charge in [-0.25, -0.2) is 4.79 Å². The van der Waals surface area contributed by atoms with Crippen LogP contribution < -0.4 is 16.6 Å². The minimum Gasteiger partial charge on any atom is -0.354 e. The summed E-state index contributed by atoms with van der Waals surface area (Å²) in [5.41, 5.74) is -1.18. The van der Waals surface area contributed by atoms with Gasteiger partial charge in [0.2, 0.25) is 5.91 Å². The van der Waals surface area contributed by atoms with E-state index >= 15 is 0 Å². The van der Waals surface area contributed by atoms with E-state index in [0.29, 0.717) is 0 Å². The molecule has 7 nitrogen and oxygen atoms in total. The maximum Gasteiger partial charge on any atom is 0.328 e. The second kappa shape index (κ2) is 5.50. The zero-order chi connectivity index (χ0) is 12.0. The first-order valence-corrected chi connectivity index (χ1v) is 4.57. The van der Waals surface area contributed by atoms with Crippen LogP contribution in [0.4, 0.5) is 0 Å². The van der Waals surface area contributed by atoms with Crippen molar-refractivity contribution < 1.29 is 4.79 Å². The molecule has 16 heavy (non-hydrogen) atoms. The molecule has 2 N–H and O–H groups in total. The Morgan fingerprint density at radius 1 is 1.56 bits per heavy atom. The van der Waals surface area contributed by atoms with Crippen LogP contribution in [-0.2, 0) is 11.3 Å². The Morgan fingerprint density at radius 2 is 2.31 bits per heavy atom. The summed E-state index contributed by atoms with van der Waals surface area (Å²) in [7, 11) is 0. The van der Waals surface area contributed by atoms with Crippen molar-refractivity contribution in [1.82, 2.24) is 14.9 Å². The Kier molecular flexibility index (Phi) is 4.03. The second-order valence-electron chi connectivity index (χ2n) is 2.97. The minimum atomic E-state index is -0.636. The number of H-pyrrole nitrogens is 1. The van der Waals surface area contributed by atoms with Crippen molar-refractivity contribution in [1.29, 1.82) is 5.26 Å². The first-order valence-electron chi connectivity index (χ1n) is 4.57. The number of rotatable bonds is 4. The normalized spacial score (nSPS) is 9.44. The molecule has 0 atom stereocenters. The van der Waals surface area contributed by atoms with Crippen LogP contribution in [0.2, 0.25) is 0 Å². The van der Waals surface area contributed by atoms with Crippen LogP contribution in [0, 0.1) is 11.3 Å². The first kappa shape index (κ1) is 11.7. The van der Waals surface area contributed by atoms with Crippen molar-refractivity contribution >= 4 is 5.91 Å². The van der Waals surface area contributed by atoms with Crippen molar-refractivity contribution in [2.75, 3.05) is 6.54 Å². The number of carbonyl (C=O) groups is 1. The van der Waals surface area contributed by atoms with E-state index in [4.69, 9.17) is 5.26 Å². The van der Waals surface area contributed by atoms with Gasteiger partial charge in [-0.15, -0.1) is 0 Å². The van der Waals surface area contributed by atoms with E-state index in [2.05, 4.69) is 10.3 Å². The third-order valence-electron chi connectivity index (χ3n) is 1.80. The number of nitriles is 1. The highest BCUT2D eigenvalue weighted by atomic mass is 16.2. The summed E-state index contributed by atoms with van der Waals surface area (Å²) in [6.45, 7) is -0.144. The fraction of sp³-hybridized carbons (Fsp3) is 0.333. The summed E-state index contributed by atoms with van der Waals surface area (Å²) >= 11 is 0. The van der Waals surface area contributed by atoms with Crippen LogP contribution >= 0.6 is 0 Å². The fourth-order valence-electron chi connectivity index (χ4n) is 1.06. The Hall–Kier alpha value is -2.36. The van der Waals surface area contributed by atoms with Gasteiger partial charge in [0, 0.05) is 18.8 Å². The van der Waals surface area contributed by atoms with Gasteiger partial charge < -0.3 is 10.3 Å². The molecule has 0 fully saturated rings. The predicted molar refractivity (Wildman–Crippen MR) is 54.6 cm³/mol. The van der Waals surface area contributed by atoms with Crippen LogP contribution in [0.1, 0.15) is 6.42 Å². The lowest BCUT2D eigenvalue weighted by Crippen LogP contribution is -2.40. The molecule has 0 aromatic carbocycles. The highest BCUT2D eigenvalue weighted by Gasteiger charge is 2.06. The van der Waals surface area contributed by atoms with Gasteiger partial charge in [0.1, 0.15) is 6.54 Å². The SMILES string of the molecule is N#CCCNC(=O)Cn1c(=O)cc[nH]c1=O. The van der Waals surface area contributed by atoms with Gasteiger partial charge in [0.15, 0.2) is 0 Å². The average molecular weight is 222 g/mol. The monoisotopic (exact) mass is 222 g/mol. The van der Waals surface area contributed by atoms with Gasteiger partial charge in [-0.3, -0.25) is 14.2 Å². The molecule has 0 aliphatic heterocycles. The summed E-state index contributed by atoms with van der Waals surface area (Å²) in [5, 5.41) is 10.7. The largest absolute Gasteiger partial charge is 0.354 e. The van der Waals surface area contributed by atoms with Gasteiger partial charge in [-0.2, -0.15) is 5.26 Å². The van der Waals surface area contributed by atoms with E-state index in [1.54, 1.807) is 0 Å². The molecule has 0 saturated heterocycles. The molecule has 1 aromatic rings. The van der Waals surface area contributed by atoms with Crippen LogP contribution in [0.25, 0.3) is 0 Å². The summed E-state index contributed by atoms with van der Waals surface area (Å²) in [6, 6.07) is 3.02. The molecule has 1 amide bonds. The molecule has 0 radical (unpaired) electrons. The van der Waals surface area contributed by atoms with Gasteiger partial charge in [-0.1, -0.05) is 0 Å². The lowest BCUT2D eigenvalue weighted by atomic mass is 10.4. The Morgan fingerprint density at radius 3 is 2.94 bits per heavy atom. The summed E-state index contributed by atoms with van der Waals surface area (Å²) in [4.78, 5) is 35.9. The Labute approximate surface area is 90.3 Å². The predicted octanol–water partition coefficient (Wildman–Crippen LogP) is -1.43. The van der Waals surface area contributed by atoms with Crippen LogP contribution in [0.15, 0.2) is 21.9 Å². The van der Waals surface area contributed by atoms with Gasteiger partial charge in [-0.05, 0) is 0 Å². The van der Waals surface area contributed by atoms with E-state index in [0.717, 1.165) is 10.6 Å². The number of hydrogen-bond donors (Lipinski definition) is 2. The molecule has 0 aliphatic carbocycles.